The molecule has 8 heteroatoms. The normalized spacial score (nSPS) is 27.8. The molecule has 1 saturated heterocycles. The van der Waals surface area contributed by atoms with Crippen molar-refractivity contribution in [1.82, 2.24) is 10.2 Å². The van der Waals surface area contributed by atoms with Crippen LogP contribution in [0.1, 0.15) is 45.1 Å². The van der Waals surface area contributed by atoms with Gasteiger partial charge in [0.05, 0.1) is 10.8 Å². The molecule has 1 aromatic carbocycles. The van der Waals surface area contributed by atoms with E-state index in [0.29, 0.717) is 31.3 Å². The third-order valence-corrected chi connectivity index (χ3v) is 7.49. The van der Waals surface area contributed by atoms with E-state index in [4.69, 9.17) is 5.14 Å². The average Bonchev–Trinajstić information content (AvgIpc) is 3.05. The predicted octanol–water partition coefficient (Wildman–Crippen LogP) is 1.67. The molecular formula is C21H31N3O4S. The molecule has 1 aromatic rings. The lowest BCUT2D eigenvalue weighted by atomic mass is 9.77. The molecule has 0 radical (unpaired) electrons. The first kappa shape index (κ1) is 21.8. The molecule has 2 aliphatic rings. The SMILES string of the molecule is C[C@H]1[C@H](C)CCC[C@@H]1N1C[C@H](C(=O)NCCc2ccc(S(N)(=O)=O)cc2)CC1=O. The Labute approximate surface area is 173 Å². The standard InChI is InChI=1S/C21H31N3O4S/c1-14-4-3-5-19(15(14)2)24-13-17(12-20(24)25)21(26)23-11-10-16-6-8-18(9-7-16)29(22,27)28/h6-9,14-15,17,19H,3-5,10-13H2,1-2H3,(H,23,26)(H2,22,27,28)/t14-,15+,17-,19+/m1/s1. The van der Waals surface area contributed by atoms with E-state index in [1.54, 1.807) is 12.1 Å². The van der Waals surface area contributed by atoms with Gasteiger partial charge in [-0.2, -0.15) is 0 Å². The highest BCUT2D eigenvalue weighted by Crippen LogP contribution is 2.35. The smallest absolute Gasteiger partial charge is 0.238 e. The van der Waals surface area contributed by atoms with Gasteiger partial charge in [-0.3, -0.25) is 9.59 Å². The molecule has 3 N–H and O–H groups in total. The van der Waals surface area contributed by atoms with Crippen molar-refractivity contribution in [3.8, 4) is 0 Å². The molecule has 0 spiro atoms. The van der Waals surface area contributed by atoms with Crippen LogP contribution < -0.4 is 10.5 Å². The highest BCUT2D eigenvalue weighted by molar-refractivity contribution is 7.89. The van der Waals surface area contributed by atoms with Crippen LogP contribution in [0.3, 0.4) is 0 Å². The molecule has 0 aromatic heterocycles. The van der Waals surface area contributed by atoms with Crippen LogP contribution in [-0.2, 0) is 26.0 Å². The molecular weight excluding hydrogens is 390 g/mol. The molecule has 1 aliphatic heterocycles. The Morgan fingerprint density at radius 3 is 2.55 bits per heavy atom. The number of nitrogens with one attached hydrogen (secondary N) is 1. The van der Waals surface area contributed by atoms with Gasteiger partial charge in [0.15, 0.2) is 0 Å². The molecule has 1 heterocycles. The predicted molar refractivity (Wildman–Crippen MR) is 110 cm³/mol. The first-order valence-electron chi connectivity index (χ1n) is 10.4. The fourth-order valence-corrected chi connectivity index (χ4v) is 5.06. The van der Waals surface area contributed by atoms with E-state index in [9.17, 15) is 18.0 Å². The summed E-state index contributed by atoms with van der Waals surface area (Å²) in [5.74, 6) is 0.787. The van der Waals surface area contributed by atoms with Gasteiger partial charge in [-0.05, 0) is 42.4 Å². The Morgan fingerprint density at radius 2 is 1.90 bits per heavy atom. The van der Waals surface area contributed by atoms with Crippen molar-refractivity contribution in [3.63, 3.8) is 0 Å². The summed E-state index contributed by atoms with van der Waals surface area (Å²) < 4.78 is 22.6. The lowest BCUT2D eigenvalue weighted by Gasteiger charge is -2.40. The van der Waals surface area contributed by atoms with Crippen LogP contribution in [0.2, 0.25) is 0 Å². The molecule has 1 aliphatic carbocycles. The van der Waals surface area contributed by atoms with Gasteiger partial charge in [0.2, 0.25) is 21.8 Å². The number of rotatable bonds is 6. The average molecular weight is 422 g/mol. The maximum absolute atomic E-state index is 12.6. The minimum Gasteiger partial charge on any atom is -0.355 e. The van der Waals surface area contributed by atoms with Crippen molar-refractivity contribution >= 4 is 21.8 Å². The number of amides is 2. The van der Waals surface area contributed by atoms with E-state index in [1.807, 2.05) is 4.90 Å². The number of benzene rings is 1. The van der Waals surface area contributed by atoms with Crippen LogP contribution in [0.25, 0.3) is 0 Å². The molecule has 3 rings (SSSR count). The van der Waals surface area contributed by atoms with Crippen LogP contribution >= 0.6 is 0 Å². The zero-order chi connectivity index (χ0) is 21.2. The maximum Gasteiger partial charge on any atom is 0.238 e. The molecule has 0 bridgehead atoms. The third kappa shape index (κ3) is 5.17. The Bertz CT molecular complexity index is 853. The van der Waals surface area contributed by atoms with E-state index < -0.39 is 10.0 Å². The zero-order valence-electron chi connectivity index (χ0n) is 17.1. The van der Waals surface area contributed by atoms with Gasteiger partial charge in [-0.15, -0.1) is 0 Å². The number of carbonyl (C=O) groups excluding carboxylic acids is 2. The fraction of sp³-hybridized carbons (Fsp3) is 0.619. The van der Waals surface area contributed by atoms with Crippen molar-refractivity contribution in [2.75, 3.05) is 13.1 Å². The number of hydrogen-bond acceptors (Lipinski definition) is 4. The lowest BCUT2D eigenvalue weighted by Crippen LogP contribution is -2.45. The number of nitrogens with two attached hydrogens (primary N) is 1. The van der Waals surface area contributed by atoms with Crippen molar-refractivity contribution < 1.29 is 18.0 Å². The highest BCUT2D eigenvalue weighted by atomic mass is 32.2. The first-order valence-corrected chi connectivity index (χ1v) is 11.9. The number of sulfonamides is 1. The van der Waals surface area contributed by atoms with E-state index >= 15 is 0 Å². The fourth-order valence-electron chi connectivity index (χ4n) is 4.54. The molecule has 29 heavy (non-hydrogen) atoms. The van der Waals surface area contributed by atoms with Crippen LogP contribution in [0.15, 0.2) is 29.2 Å². The Balaban J connectivity index is 1.49. The summed E-state index contributed by atoms with van der Waals surface area (Å²) in [6.45, 7) is 5.41. The quantitative estimate of drug-likeness (QED) is 0.728. The molecule has 160 valence electrons. The highest BCUT2D eigenvalue weighted by Gasteiger charge is 2.41. The summed E-state index contributed by atoms with van der Waals surface area (Å²) in [6, 6.07) is 6.57. The summed E-state index contributed by atoms with van der Waals surface area (Å²) >= 11 is 0. The first-order chi connectivity index (χ1) is 13.7. The number of primary sulfonamides is 1. The van der Waals surface area contributed by atoms with Gasteiger partial charge in [-0.25, -0.2) is 13.6 Å². The summed E-state index contributed by atoms with van der Waals surface area (Å²) in [7, 11) is -3.70. The molecule has 2 fully saturated rings. The minimum atomic E-state index is -3.70. The van der Waals surface area contributed by atoms with E-state index in [0.717, 1.165) is 18.4 Å². The van der Waals surface area contributed by atoms with E-state index in [2.05, 4.69) is 19.2 Å². The summed E-state index contributed by atoms with van der Waals surface area (Å²) in [5, 5.41) is 8.01. The van der Waals surface area contributed by atoms with Crippen molar-refractivity contribution in [3.05, 3.63) is 29.8 Å². The van der Waals surface area contributed by atoms with Crippen LogP contribution in [0, 0.1) is 17.8 Å². The van der Waals surface area contributed by atoms with Crippen LogP contribution in [0.4, 0.5) is 0 Å². The van der Waals surface area contributed by atoms with Gasteiger partial charge in [0.1, 0.15) is 0 Å². The van der Waals surface area contributed by atoms with Gasteiger partial charge >= 0.3 is 0 Å². The largest absolute Gasteiger partial charge is 0.355 e. The van der Waals surface area contributed by atoms with Crippen LogP contribution in [-0.4, -0.2) is 44.3 Å². The Morgan fingerprint density at radius 1 is 1.21 bits per heavy atom. The second kappa shape index (κ2) is 8.83. The third-order valence-electron chi connectivity index (χ3n) is 6.56. The van der Waals surface area contributed by atoms with Crippen LogP contribution in [0.5, 0.6) is 0 Å². The van der Waals surface area contributed by atoms with Gasteiger partial charge in [0.25, 0.3) is 0 Å². The maximum atomic E-state index is 12.6. The van der Waals surface area contributed by atoms with E-state index in [-0.39, 0.29) is 35.1 Å². The number of likely N-dealkylation sites (tertiary alicyclic amines) is 1. The zero-order valence-corrected chi connectivity index (χ0v) is 18.0. The Hall–Kier alpha value is -1.93. The molecule has 0 unspecified atom stereocenters. The molecule has 4 atom stereocenters. The summed E-state index contributed by atoms with van der Waals surface area (Å²) in [5.41, 5.74) is 0.909. The van der Waals surface area contributed by atoms with Gasteiger partial charge in [-0.1, -0.05) is 38.8 Å². The topological polar surface area (TPSA) is 110 Å². The number of hydrogen-bond donors (Lipinski definition) is 2. The monoisotopic (exact) mass is 421 g/mol. The second-order valence-corrected chi connectivity index (χ2v) is 10.1. The van der Waals surface area contributed by atoms with Gasteiger partial charge < -0.3 is 10.2 Å². The lowest BCUT2D eigenvalue weighted by molar-refractivity contribution is -0.132. The molecule has 2 amide bonds. The Kier molecular flexibility index (Phi) is 6.63. The van der Waals surface area contributed by atoms with Crippen molar-refractivity contribution in [2.24, 2.45) is 22.9 Å². The van der Waals surface area contributed by atoms with Crippen molar-refractivity contribution in [2.45, 2.75) is 56.9 Å². The summed E-state index contributed by atoms with van der Waals surface area (Å²) in [4.78, 5) is 27.1. The number of carbonyl (C=O) groups is 2. The molecule has 1 saturated carbocycles. The van der Waals surface area contributed by atoms with E-state index in [1.165, 1.54) is 18.6 Å². The van der Waals surface area contributed by atoms with Gasteiger partial charge in [0, 0.05) is 25.6 Å². The second-order valence-electron chi connectivity index (χ2n) is 8.51. The minimum absolute atomic E-state index is 0.0705. The molecule has 7 nitrogen and oxygen atoms in total. The van der Waals surface area contributed by atoms with Crippen molar-refractivity contribution in [1.29, 1.82) is 0 Å². The number of nitrogens with zero attached hydrogens (tertiary/aromatic N) is 1. The summed E-state index contributed by atoms with van der Waals surface area (Å²) in [6.07, 6.45) is 4.24.